The van der Waals surface area contributed by atoms with E-state index in [9.17, 15) is 9.18 Å². The van der Waals surface area contributed by atoms with Gasteiger partial charge >= 0.3 is 0 Å². The van der Waals surface area contributed by atoms with Crippen LogP contribution in [0.25, 0.3) is 0 Å². The SMILES string of the molecule is O=C1c2ccccc2C(=Nc2cccc(F)c2)C1c1ccccc1. The number of ketones is 1. The minimum atomic E-state index is -0.452. The molecule has 0 spiro atoms. The first-order chi connectivity index (χ1) is 11.7. The highest BCUT2D eigenvalue weighted by Crippen LogP contribution is 2.36. The summed E-state index contributed by atoms with van der Waals surface area (Å²) in [6, 6.07) is 23.2. The van der Waals surface area contributed by atoms with E-state index < -0.39 is 5.92 Å². The molecule has 3 aromatic rings. The Balaban J connectivity index is 1.91. The molecular weight excluding hydrogens is 301 g/mol. The van der Waals surface area contributed by atoms with E-state index >= 15 is 0 Å². The molecular formula is C21H14FNO. The average molecular weight is 315 g/mol. The number of hydrogen-bond acceptors (Lipinski definition) is 2. The number of carbonyl (C=O) groups is 1. The molecule has 3 aromatic carbocycles. The normalized spacial score (nSPS) is 18.0. The lowest BCUT2D eigenvalue weighted by Gasteiger charge is -2.11. The smallest absolute Gasteiger partial charge is 0.176 e. The van der Waals surface area contributed by atoms with Crippen LogP contribution in [0.2, 0.25) is 0 Å². The standard InChI is InChI=1S/C21H14FNO/c22-15-9-6-10-16(13-15)23-20-17-11-4-5-12-18(17)21(24)19(20)14-7-2-1-3-8-14/h1-13,19H. The van der Waals surface area contributed by atoms with Crippen LogP contribution in [0.15, 0.2) is 83.9 Å². The molecule has 0 saturated heterocycles. The van der Waals surface area contributed by atoms with E-state index in [-0.39, 0.29) is 11.6 Å². The Kier molecular flexibility index (Phi) is 3.54. The predicted molar refractivity (Wildman–Crippen MR) is 92.6 cm³/mol. The van der Waals surface area contributed by atoms with Crippen LogP contribution in [0.5, 0.6) is 0 Å². The third-order valence-corrected chi connectivity index (χ3v) is 4.19. The molecule has 0 radical (unpaired) electrons. The maximum absolute atomic E-state index is 13.5. The van der Waals surface area contributed by atoms with Gasteiger partial charge in [0.1, 0.15) is 5.82 Å². The number of nitrogens with zero attached hydrogens (tertiary/aromatic N) is 1. The van der Waals surface area contributed by atoms with Gasteiger partial charge in [-0.25, -0.2) is 4.39 Å². The zero-order valence-electron chi connectivity index (χ0n) is 12.8. The molecule has 0 bridgehead atoms. The summed E-state index contributed by atoms with van der Waals surface area (Å²) in [4.78, 5) is 17.5. The van der Waals surface area contributed by atoms with Gasteiger partial charge in [0.25, 0.3) is 0 Å². The first-order valence-corrected chi connectivity index (χ1v) is 7.77. The molecule has 0 amide bonds. The highest BCUT2D eigenvalue weighted by molar-refractivity contribution is 6.32. The fourth-order valence-corrected chi connectivity index (χ4v) is 3.12. The van der Waals surface area contributed by atoms with Gasteiger partial charge in [-0.1, -0.05) is 60.7 Å². The summed E-state index contributed by atoms with van der Waals surface area (Å²) in [6.07, 6.45) is 0. The molecule has 0 aromatic heterocycles. The molecule has 24 heavy (non-hydrogen) atoms. The molecule has 3 heteroatoms. The first kappa shape index (κ1) is 14.5. The summed E-state index contributed by atoms with van der Waals surface area (Å²) in [5.41, 5.74) is 3.57. The van der Waals surface area contributed by atoms with Gasteiger partial charge in [0, 0.05) is 11.1 Å². The second-order valence-corrected chi connectivity index (χ2v) is 5.73. The Morgan fingerprint density at radius 1 is 0.792 bits per heavy atom. The Hall–Kier alpha value is -3.07. The lowest BCUT2D eigenvalue weighted by atomic mass is 9.93. The van der Waals surface area contributed by atoms with E-state index in [2.05, 4.69) is 4.99 Å². The van der Waals surface area contributed by atoms with Crippen LogP contribution < -0.4 is 0 Å². The maximum Gasteiger partial charge on any atom is 0.176 e. The summed E-state index contributed by atoms with van der Waals surface area (Å²) >= 11 is 0. The number of benzene rings is 3. The Labute approximate surface area is 139 Å². The zero-order valence-corrected chi connectivity index (χ0v) is 12.8. The van der Waals surface area contributed by atoms with Gasteiger partial charge in [0.15, 0.2) is 5.78 Å². The number of halogens is 1. The van der Waals surface area contributed by atoms with E-state index in [1.165, 1.54) is 12.1 Å². The molecule has 1 aliphatic rings. The minimum absolute atomic E-state index is 0.0342. The summed E-state index contributed by atoms with van der Waals surface area (Å²) in [5.74, 6) is -0.760. The van der Waals surface area contributed by atoms with Gasteiger partial charge in [-0.3, -0.25) is 9.79 Å². The van der Waals surface area contributed by atoms with Crippen molar-refractivity contribution in [2.75, 3.05) is 0 Å². The van der Waals surface area contributed by atoms with Gasteiger partial charge in [-0.2, -0.15) is 0 Å². The van der Waals surface area contributed by atoms with E-state index in [0.717, 1.165) is 11.1 Å². The highest BCUT2D eigenvalue weighted by atomic mass is 19.1. The topological polar surface area (TPSA) is 29.4 Å². The van der Waals surface area contributed by atoms with Gasteiger partial charge in [0.05, 0.1) is 17.3 Å². The summed E-state index contributed by atoms with van der Waals surface area (Å²) in [5, 5.41) is 0. The number of aliphatic imine (C=N–C) groups is 1. The monoisotopic (exact) mass is 315 g/mol. The van der Waals surface area contributed by atoms with Gasteiger partial charge < -0.3 is 0 Å². The minimum Gasteiger partial charge on any atom is -0.293 e. The molecule has 0 aliphatic heterocycles. The molecule has 2 nitrogen and oxygen atoms in total. The van der Waals surface area contributed by atoms with Crippen LogP contribution in [0, 0.1) is 5.82 Å². The lowest BCUT2D eigenvalue weighted by Crippen LogP contribution is -2.13. The molecule has 1 atom stereocenters. The molecule has 1 unspecified atom stereocenters. The highest BCUT2D eigenvalue weighted by Gasteiger charge is 2.37. The summed E-state index contributed by atoms with van der Waals surface area (Å²) in [6.45, 7) is 0. The van der Waals surface area contributed by atoms with Crippen molar-refractivity contribution >= 4 is 17.2 Å². The number of Topliss-reactive ketones (excluding diaryl/α,β-unsaturated/α-hetero) is 1. The second kappa shape index (κ2) is 5.85. The quantitative estimate of drug-likeness (QED) is 0.659. The first-order valence-electron chi connectivity index (χ1n) is 7.77. The number of fused-ring (bicyclic) bond motifs is 1. The van der Waals surface area contributed by atoms with Crippen molar-refractivity contribution in [3.8, 4) is 0 Å². The Morgan fingerprint density at radius 2 is 1.50 bits per heavy atom. The molecule has 0 fully saturated rings. The van der Waals surface area contributed by atoms with Crippen LogP contribution in [0.4, 0.5) is 10.1 Å². The van der Waals surface area contributed by atoms with Crippen molar-refractivity contribution < 1.29 is 9.18 Å². The third kappa shape index (κ3) is 2.44. The maximum atomic E-state index is 13.5. The lowest BCUT2D eigenvalue weighted by molar-refractivity contribution is 0.0988. The van der Waals surface area contributed by atoms with Crippen LogP contribution in [-0.2, 0) is 0 Å². The fourth-order valence-electron chi connectivity index (χ4n) is 3.12. The second-order valence-electron chi connectivity index (χ2n) is 5.73. The van der Waals surface area contributed by atoms with Crippen molar-refractivity contribution in [1.29, 1.82) is 0 Å². The average Bonchev–Trinajstić information content (AvgIpc) is 2.88. The van der Waals surface area contributed by atoms with E-state index in [4.69, 9.17) is 0 Å². The van der Waals surface area contributed by atoms with Crippen LogP contribution >= 0.6 is 0 Å². The van der Waals surface area contributed by atoms with Gasteiger partial charge in [0.2, 0.25) is 0 Å². The molecule has 0 heterocycles. The molecule has 4 rings (SSSR count). The Morgan fingerprint density at radius 3 is 2.25 bits per heavy atom. The van der Waals surface area contributed by atoms with Crippen molar-refractivity contribution in [3.05, 3.63) is 101 Å². The molecule has 0 saturated carbocycles. The van der Waals surface area contributed by atoms with Crippen molar-refractivity contribution in [1.82, 2.24) is 0 Å². The van der Waals surface area contributed by atoms with Gasteiger partial charge in [-0.15, -0.1) is 0 Å². The Bertz CT molecular complexity index is 947. The molecule has 1 aliphatic carbocycles. The molecule has 116 valence electrons. The summed E-state index contributed by atoms with van der Waals surface area (Å²) < 4.78 is 13.5. The van der Waals surface area contributed by atoms with Crippen molar-refractivity contribution in [2.45, 2.75) is 5.92 Å². The van der Waals surface area contributed by atoms with Crippen molar-refractivity contribution in [2.24, 2.45) is 4.99 Å². The number of carbonyl (C=O) groups excluding carboxylic acids is 1. The third-order valence-electron chi connectivity index (χ3n) is 4.19. The fraction of sp³-hybridized carbons (Fsp3) is 0.0476. The van der Waals surface area contributed by atoms with Crippen molar-refractivity contribution in [3.63, 3.8) is 0 Å². The number of rotatable bonds is 2. The summed E-state index contributed by atoms with van der Waals surface area (Å²) in [7, 11) is 0. The van der Waals surface area contributed by atoms with Crippen LogP contribution in [-0.4, -0.2) is 11.5 Å². The van der Waals surface area contributed by atoms with E-state index in [1.54, 1.807) is 12.1 Å². The predicted octanol–water partition coefficient (Wildman–Crippen LogP) is 4.93. The molecule has 0 N–H and O–H groups in total. The van der Waals surface area contributed by atoms with Gasteiger partial charge in [-0.05, 0) is 23.8 Å². The van der Waals surface area contributed by atoms with E-state index in [0.29, 0.717) is 17.0 Å². The zero-order chi connectivity index (χ0) is 16.5. The number of hydrogen-bond donors (Lipinski definition) is 0. The van der Waals surface area contributed by atoms with Crippen LogP contribution in [0.3, 0.4) is 0 Å². The van der Waals surface area contributed by atoms with Crippen LogP contribution in [0.1, 0.15) is 27.4 Å². The van der Waals surface area contributed by atoms with E-state index in [1.807, 2.05) is 54.6 Å². The largest absolute Gasteiger partial charge is 0.293 e.